The van der Waals surface area contributed by atoms with Gasteiger partial charge in [-0.15, -0.1) is 0 Å². The number of hydrogen-bond donors (Lipinski definition) is 1. The molecular formula is C14H31NO. The fourth-order valence-corrected chi connectivity index (χ4v) is 1.89. The van der Waals surface area contributed by atoms with Crippen LogP contribution in [0.4, 0.5) is 0 Å². The third kappa shape index (κ3) is 9.17. The molecular weight excluding hydrogens is 198 g/mol. The summed E-state index contributed by atoms with van der Waals surface area (Å²) >= 11 is 0. The molecule has 0 saturated carbocycles. The standard InChI is InChI=1S/C14H31NO/c1-5-11-15-14(13(3)4)10-8-7-9-12-16-6-2/h13-15H,5-12H2,1-4H3. The Morgan fingerprint density at radius 3 is 2.38 bits per heavy atom. The molecule has 0 aliphatic heterocycles. The lowest BCUT2D eigenvalue weighted by Crippen LogP contribution is -2.34. The SMILES string of the molecule is CCCNC(CCCCCOCC)C(C)C. The van der Waals surface area contributed by atoms with Gasteiger partial charge in [-0.2, -0.15) is 0 Å². The van der Waals surface area contributed by atoms with Gasteiger partial charge in [-0.1, -0.05) is 33.6 Å². The molecule has 16 heavy (non-hydrogen) atoms. The van der Waals surface area contributed by atoms with Crippen molar-refractivity contribution >= 4 is 0 Å². The lowest BCUT2D eigenvalue weighted by atomic mass is 9.98. The van der Waals surface area contributed by atoms with Crippen LogP contribution in [0.5, 0.6) is 0 Å². The zero-order valence-electron chi connectivity index (χ0n) is 11.7. The normalized spacial score (nSPS) is 13.3. The molecule has 0 spiro atoms. The molecule has 2 heteroatoms. The second-order valence-corrected chi connectivity index (χ2v) is 4.85. The van der Waals surface area contributed by atoms with Gasteiger partial charge in [0.2, 0.25) is 0 Å². The fourth-order valence-electron chi connectivity index (χ4n) is 1.89. The highest BCUT2D eigenvalue weighted by atomic mass is 16.5. The van der Waals surface area contributed by atoms with Crippen molar-refractivity contribution in [1.82, 2.24) is 5.32 Å². The largest absolute Gasteiger partial charge is 0.382 e. The molecule has 0 aliphatic rings. The van der Waals surface area contributed by atoms with E-state index >= 15 is 0 Å². The van der Waals surface area contributed by atoms with Crippen LogP contribution in [0.15, 0.2) is 0 Å². The topological polar surface area (TPSA) is 21.3 Å². The Kier molecular flexibility index (Phi) is 11.3. The molecule has 0 aliphatic carbocycles. The molecule has 1 N–H and O–H groups in total. The molecule has 0 bridgehead atoms. The van der Waals surface area contributed by atoms with Crippen molar-refractivity contribution in [1.29, 1.82) is 0 Å². The summed E-state index contributed by atoms with van der Waals surface area (Å²) in [6.07, 6.45) is 6.38. The van der Waals surface area contributed by atoms with Crippen LogP contribution in [0.2, 0.25) is 0 Å². The maximum Gasteiger partial charge on any atom is 0.0465 e. The van der Waals surface area contributed by atoms with E-state index < -0.39 is 0 Å². The molecule has 0 aromatic heterocycles. The van der Waals surface area contributed by atoms with Crippen LogP contribution in [0.1, 0.15) is 59.8 Å². The Morgan fingerprint density at radius 2 is 1.81 bits per heavy atom. The van der Waals surface area contributed by atoms with Crippen molar-refractivity contribution in [2.75, 3.05) is 19.8 Å². The molecule has 0 aromatic rings. The van der Waals surface area contributed by atoms with Crippen LogP contribution in [-0.2, 0) is 4.74 Å². The molecule has 1 unspecified atom stereocenters. The second kappa shape index (κ2) is 11.4. The van der Waals surface area contributed by atoms with E-state index in [1.165, 1.54) is 32.1 Å². The minimum atomic E-state index is 0.701. The van der Waals surface area contributed by atoms with Gasteiger partial charge in [-0.3, -0.25) is 0 Å². The zero-order valence-corrected chi connectivity index (χ0v) is 11.7. The van der Waals surface area contributed by atoms with Crippen molar-refractivity contribution < 1.29 is 4.74 Å². The van der Waals surface area contributed by atoms with Crippen molar-refractivity contribution in [3.8, 4) is 0 Å². The molecule has 1 atom stereocenters. The summed E-state index contributed by atoms with van der Waals surface area (Å²) in [5, 5.41) is 3.64. The lowest BCUT2D eigenvalue weighted by molar-refractivity contribution is 0.142. The Balaban J connectivity index is 3.44. The van der Waals surface area contributed by atoms with Gasteiger partial charge < -0.3 is 10.1 Å². The molecule has 98 valence electrons. The summed E-state index contributed by atoms with van der Waals surface area (Å²) < 4.78 is 5.34. The van der Waals surface area contributed by atoms with Crippen molar-refractivity contribution in [2.45, 2.75) is 65.8 Å². The maximum atomic E-state index is 5.34. The van der Waals surface area contributed by atoms with Crippen LogP contribution in [0.25, 0.3) is 0 Å². The summed E-state index contributed by atoms with van der Waals surface area (Å²) in [6, 6.07) is 0.701. The molecule has 0 radical (unpaired) electrons. The second-order valence-electron chi connectivity index (χ2n) is 4.85. The molecule has 0 aromatic carbocycles. The van der Waals surface area contributed by atoms with Crippen molar-refractivity contribution in [2.24, 2.45) is 5.92 Å². The highest BCUT2D eigenvalue weighted by molar-refractivity contribution is 4.70. The van der Waals surface area contributed by atoms with Crippen LogP contribution >= 0.6 is 0 Å². The van der Waals surface area contributed by atoms with E-state index in [0.29, 0.717) is 6.04 Å². The van der Waals surface area contributed by atoms with Crippen LogP contribution < -0.4 is 5.32 Å². The van der Waals surface area contributed by atoms with Crippen LogP contribution in [0, 0.1) is 5.92 Å². The smallest absolute Gasteiger partial charge is 0.0465 e. The molecule has 0 amide bonds. The van der Waals surface area contributed by atoms with Gasteiger partial charge in [0.05, 0.1) is 0 Å². The Hall–Kier alpha value is -0.0800. The lowest BCUT2D eigenvalue weighted by Gasteiger charge is -2.22. The molecule has 0 saturated heterocycles. The number of rotatable bonds is 11. The van der Waals surface area contributed by atoms with E-state index in [2.05, 4.69) is 33.0 Å². The van der Waals surface area contributed by atoms with Gasteiger partial charge >= 0.3 is 0 Å². The van der Waals surface area contributed by atoms with E-state index in [1.807, 2.05) is 0 Å². The minimum Gasteiger partial charge on any atom is -0.382 e. The molecule has 0 rings (SSSR count). The first-order chi connectivity index (χ1) is 7.72. The first-order valence-corrected chi connectivity index (χ1v) is 7.03. The summed E-state index contributed by atoms with van der Waals surface area (Å²) in [6.45, 7) is 11.9. The van der Waals surface area contributed by atoms with Crippen LogP contribution in [0.3, 0.4) is 0 Å². The predicted octanol–water partition coefficient (Wildman–Crippen LogP) is 3.61. The Labute approximate surface area is 102 Å². The molecule has 0 fully saturated rings. The average molecular weight is 229 g/mol. The highest BCUT2D eigenvalue weighted by Crippen LogP contribution is 2.11. The van der Waals surface area contributed by atoms with Gasteiger partial charge in [0.25, 0.3) is 0 Å². The van der Waals surface area contributed by atoms with Gasteiger partial charge in [-0.05, 0) is 38.6 Å². The Morgan fingerprint density at radius 1 is 1.06 bits per heavy atom. The Bertz CT molecular complexity index is 137. The number of ether oxygens (including phenoxy) is 1. The van der Waals surface area contributed by atoms with E-state index in [1.54, 1.807) is 0 Å². The summed E-state index contributed by atoms with van der Waals surface area (Å²) in [7, 11) is 0. The van der Waals surface area contributed by atoms with Crippen molar-refractivity contribution in [3.05, 3.63) is 0 Å². The summed E-state index contributed by atoms with van der Waals surface area (Å²) in [4.78, 5) is 0. The van der Waals surface area contributed by atoms with E-state index in [4.69, 9.17) is 4.74 Å². The van der Waals surface area contributed by atoms with E-state index in [9.17, 15) is 0 Å². The quantitative estimate of drug-likeness (QED) is 0.547. The molecule has 0 heterocycles. The number of unbranched alkanes of at least 4 members (excludes halogenated alkanes) is 2. The predicted molar refractivity (Wildman–Crippen MR) is 71.9 cm³/mol. The maximum absolute atomic E-state index is 5.34. The third-order valence-electron chi connectivity index (χ3n) is 2.97. The monoisotopic (exact) mass is 229 g/mol. The van der Waals surface area contributed by atoms with Crippen molar-refractivity contribution in [3.63, 3.8) is 0 Å². The van der Waals surface area contributed by atoms with Gasteiger partial charge in [0, 0.05) is 19.3 Å². The summed E-state index contributed by atoms with van der Waals surface area (Å²) in [5.41, 5.74) is 0. The van der Waals surface area contributed by atoms with Gasteiger partial charge in [-0.25, -0.2) is 0 Å². The third-order valence-corrected chi connectivity index (χ3v) is 2.97. The average Bonchev–Trinajstić information content (AvgIpc) is 2.26. The van der Waals surface area contributed by atoms with Gasteiger partial charge in [0.1, 0.15) is 0 Å². The van der Waals surface area contributed by atoms with Crippen LogP contribution in [-0.4, -0.2) is 25.8 Å². The highest BCUT2D eigenvalue weighted by Gasteiger charge is 2.11. The fraction of sp³-hybridized carbons (Fsp3) is 1.00. The molecule has 2 nitrogen and oxygen atoms in total. The number of hydrogen-bond acceptors (Lipinski definition) is 2. The zero-order chi connectivity index (χ0) is 12.2. The van der Waals surface area contributed by atoms with Gasteiger partial charge in [0.15, 0.2) is 0 Å². The minimum absolute atomic E-state index is 0.701. The number of nitrogens with one attached hydrogen (secondary N) is 1. The summed E-state index contributed by atoms with van der Waals surface area (Å²) in [5.74, 6) is 0.749. The first-order valence-electron chi connectivity index (χ1n) is 7.03. The van der Waals surface area contributed by atoms with E-state index in [0.717, 1.165) is 25.7 Å². The first kappa shape index (κ1) is 15.9. The van der Waals surface area contributed by atoms with E-state index in [-0.39, 0.29) is 0 Å².